The number of carbonyl (C=O) groups excluding carboxylic acids is 1. The summed E-state index contributed by atoms with van der Waals surface area (Å²) in [6.07, 6.45) is 10.3. The van der Waals surface area contributed by atoms with E-state index in [4.69, 9.17) is 0 Å². The van der Waals surface area contributed by atoms with Gasteiger partial charge in [-0.1, -0.05) is 58.7 Å². The predicted octanol–water partition coefficient (Wildman–Crippen LogP) is 2.69. The van der Waals surface area contributed by atoms with Crippen molar-refractivity contribution in [3.8, 4) is 0 Å². The monoisotopic (exact) mass is 490 g/mol. The van der Waals surface area contributed by atoms with Crippen LogP contribution in [0.5, 0.6) is 0 Å². The Labute approximate surface area is 195 Å². The first kappa shape index (κ1) is 24.6. The first-order valence-corrected chi connectivity index (χ1v) is 11.3. The van der Waals surface area contributed by atoms with Crippen LogP contribution in [0.2, 0.25) is 0 Å². The van der Waals surface area contributed by atoms with Gasteiger partial charge in [0.15, 0.2) is 0 Å². The van der Waals surface area contributed by atoms with Gasteiger partial charge in [-0.25, -0.2) is 0 Å². The van der Waals surface area contributed by atoms with Crippen LogP contribution in [0.25, 0.3) is 6.08 Å². The molecule has 1 aliphatic carbocycles. The number of rotatable bonds is 7. The van der Waals surface area contributed by atoms with Crippen molar-refractivity contribution in [3.05, 3.63) is 75.8 Å². The van der Waals surface area contributed by atoms with Crippen molar-refractivity contribution < 1.29 is 21.7 Å². The summed E-state index contributed by atoms with van der Waals surface area (Å²) in [5.41, 5.74) is 3.49. The molecule has 1 aliphatic rings. The third kappa shape index (κ3) is 7.57. The molecule has 0 radical (unpaired) electrons. The quantitative estimate of drug-likeness (QED) is 0.468. The van der Waals surface area contributed by atoms with Gasteiger partial charge in [-0.15, -0.1) is 0 Å². The molecule has 0 heterocycles. The second kappa shape index (κ2) is 11.7. The van der Waals surface area contributed by atoms with E-state index >= 15 is 0 Å². The second-order valence-electron chi connectivity index (χ2n) is 8.65. The fourth-order valence-corrected chi connectivity index (χ4v) is 4.59. The van der Waals surface area contributed by atoms with Gasteiger partial charge in [0.25, 0.3) is 0 Å². The molecule has 0 aromatic heterocycles. The van der Waals surface area contributed by atoms with Crippen LogP contribution in [-0.2, 0) is 17.9 Å². The zero-order valence-electron chi connectivity index (χ0n) is 17.9. The summed E-state index contributed by atoms with van der Waals surface area (Å²) >= 11 is 3.44. The van der Waals surface area contributed by atoms with Gasteiger partial charge >= 0.3 is 0 Å². The fourth-order valence-electron chi connectivity index (χ4n) is 4.17. The Hall–Kier alpha value is -1.62. The van der Waals surface area contributed by atoms with Crippen molar-refractivity contribution >= 4 is 27.9 Å². The maximum absolute atomic E-state index is 12.1. The van der Waals surface area contributed by atoms with Crippen molar-refractivity contribution in [1.29, 1.82) is 0 Å². The summed E-state index contributed by atoms with van der Waals surface area (Å²) in [5, 5.41) is 2.96. The van der Waals surface area contributed by atoms with E-state index in [1.807, 2.05) is 30.3 Å². The summed E-state index contributed by atoms with van der Waals surface area (Å²) in [6, 6.07) is 17.3. The molecule has 1 fully saturated rings. The summed E-state index contributed by atoms with van der Waals surface area (Å²) < 4.78 is 2.07. The molecule has 5 heteroatoms. The number of nitrogens with zero attached hydrogens (tertiary/aromatic N) is 1. The highest BCUT2D eigenvalue weighted by Crippen LogP contribution is 2.27. The molecule has 3 nitrogen and oxygen atoms in total. The fraction of sp³-hybridized carbons (Fsp3) is 0.400. The maximum Gasteiger partial charge on any atom is 0.244 e. The molecule has 1 N–H and O–H groups in total. The Morgan fingerprint density at radius 1 is 1.07 bits per heavy atom. The van der Waals surface area contributed by atoms with Crippen molar-refractivity contribution in [3.63, 3.8) is 0 Å². The minimum absolute atomic E-state index is 0. The number of nitrogens with one attached hydrogen (secondary N) is 1. The van der Waals surface area contributed by atoms with E-state index in [2.05, 4.69) is 59.6 Å². The maximum atomic E-state index is 12.1. The van der Waals surface area contributed by atoms with Gasteiger partial charge < -0.3 is 22.2 Å². The molecule has 2 aromatic carbocycles. The van der Waals surface area contributed by atoms with E-state index < -0.39 is 0 Å². The number of amides is 1. The van der Waals surface area contributed by atoms with Crippen LogP contribution in [0.4, 0.5) is 0 Å². The van der Waals surface area contributed by atoms with E-state index in [-0.39, 0.29) is 18.3 Å². The second-order valence-corrected chi connectivity index (χ2v) is 9.57. The van der Waals surface area contributed by atoms with E-state index in [1.165, 1.54) is 37.7 Å². The first-order valence-electron chi connectivity index (χ1n) is 10.5. The van der Waals surface area contributed by atoms with E-state index in [0.717, 1.165) is 32.7 Å². The normalized spacial score (nSPS) is 15.0. The SMILES string of the molecule is C[N+](C)(Cc1ccc(CNC(=O)C=Cc2cccc(Br)c2)cc1)C1CCCCC1.[Cl-]. The lowest BCUT2D eigenvalue weighted by Gasteiger charge is -2.40. The lowest BCUT2D eigenvalue weighted by Crippen LogP contribution is -3.00. The van der Waals surface area contributed by atoms with Crippen LogP contribution in [0, 0.1) is 0 Å². The Morgan fingerprint density at radius 3 is 2.40 bits per heavy atom. The summed E-state index contributed by atoms with van der Waals surface area (Å²) in [4.78, 5) is 12.1. The van der Waals surface area contributed by atoms with Crippen molar-refractivity contribution in [1.82, 2.24) is 5.32 Å². The van der Waals surface area contributed by atoms with Crippen molar-refractivity contribution in [2.45, 2.75) is 51.2 Å². The van der Waals surface area contributed by atoms with Crippen molar-refractivity contribution in [2.24, 2.45) is 0 Å². The van der Waals surface area contributed by atoms with Gasteiger partial charge in [-0.2, -0.15) is 0 Å². The number of hydrogen-bond donors (Lipinski definition) is 1. The Kier molecular flexibility index (Phi) is 9.60. The third-order valence-electron chi connectivity index (χ3n) is 5.92. The van der Waals surface area contributed by atoms with Gasteiger partial charge in [0.05, 0.1) is 20.1 Å². The lowest BCUT2D eigenvalue weighted by atomic mass is 9.92. The highest BCUT2D eigenvalue weighted by molar-refractivity contribution is 9.10. The number of carbonyl (C=O) groups is 1. The largest absolute Gasteiger partial charge is 1.00 e. The van der Waals surface area contributed by atoms with Gasteiger partial charge in [-0.05, 0) is 55.0 Å². The van der Waals surface area contributed by atoms with Crippen LogP contribution < -0.4 is 17.7 Å². The first-order chi connectivity index (χ1) is 13.9. The number of halogens is 2. The summed E-state index contributed by atoms with van der Waals surface area (Å²) in [7, 11) is 4.73. The Morgan fingerprint density at radius 2 is 1.73 bits per heavy atom. The van der Waals surface area contributed by atoms with E-state index in [1.54, 1.807) is 6.08 Å². The molecule has 0 saturated heterocycles. The standard InChI is InChI=1S/C25H31BrN2O.ClH/c1-28(2,24-9-4-3-5-10-24)19-22-13-11-21(12-14-22)18-27-25(29)16-15-20-7-6-8-23(26)17-20;/h6-8,11-17,24H,3-5,9-10,18-19H2,1-2H3;1H. The molecule has 30 heavy (non-hydrogen) atoms. The highest BCUT2D eigenvalue weighted by Gasteiger charge is 2.29. The molecule has 1 saturated carbocycles. The van der Waals surface area contributed by atoms with Crippen LogP contribution >= 0.6 is 15.9 Å². The molecule has 3 rings (SSSR count). The minimum atomic E-state index is -0.0795. The molecule has 1 amide bonds. The molecule has 162 valence electrons. The molecule has 0 unspecified atom stereocenters. The minimum Gasteiger partial charge on any atom is -1.00 e. The third-order valence-corrected chi connectivity index (χ3v) is 6.41. The Balaban J connectivity index is 0.00000320. The van der Waals surface area contributed by atoms with Crippen molar-refractivity contribution in [2.75, 3.05) is 14.1 Å². The number of benzene rings is 2. The molecule has 0 bridgehead atoms. The van der Waals surface area contributed by atoms with Gasteiger partial charge in [-0.3, -0.25) is 4.79 Å². The Bertz CT molecular complexity index is 842. The van der Waals surface area contributed by atoms with Gasteiger partial charge in [0.2, 0.25) is 5.91 Å². The van der Waals surface area contributed by atoms with Crippen LogP contribution in [0.15, 0.2) is 59.1 Å². The average molecular weight is 492 g/mol. The van der Waals surface area contributed by atoms with Crippen LogP contribution in [0.1, 0.15) is 48.8 Å². The van der Waals surface area contributed by atoms with Crippen LogP contribution in [-0.4, -0.2) is 30.5 Å². The molecular formula is C25H32BrClN2O. The molecule has 0 aliphatic heterocycles. The highest BCUT2D eigenvalue weighted by atomic mass is 79.9. The smallest absolute Gasteiger partial charge is 0.244 e. The lowest BCUT2D eigenvalue weighted by molar-refractivity contribution is -0.929. The molecule has 0 spiro atoms. The summed E-state index contributed by atoms with van der Waals surface area (Å²) in [5.74, 6) is -0.0795. The zero-order chi connectivity index (χ0) is 20.7. The molecule has 2 aromatic rings. The number of quaternary nitrogens is 1. The molecular weight excluding hydrogens is 460 g/mol. The average Bonchev–Trinajstić information content (AvgIpc) is 2.72. The summed E-state index contributed by atoms with van der Waals surface area (Å²) in [6.45, 7) is 1.61. The molecule has 0 atom stereocenters. The van der Waals surface area contributed by atoms with E-state index in [9.17, 15) is 4.79 Å². The van der Waals surface area contributed by atoms with Crippen LogP contribution in [0.3, 0.4) is 0 Å². The topological polar surface area (TPSA) is 29.1 Å². The zero-order valence-corrected chi connectivity index (χ0v) is 20.3. The predicted molar refractivity (Wildman–Crippen MR) is 124 cm³/mol. The van der Waals surface area contributed by atoms with E-state index in [0.29, 0.717) is 6.54 Å². The number of hydrogen-bond acceptors (Lipinski definition) is 1. The van der Waals surface area contributed by atoms with Gasteiger partial charge in [0.1, 0.15) is 6.54 Å². The van der Waals surface area contributed by atoms with Gasteiger partial charge in [0, 0.05) is 22.7 Å².